The van der Waals surface area contributed by atoms with E-state index < -0.39 is 0 Å². The van der Waals surface area contributed by atoms with E-state index in [1.165, 1.54) is 0 Å². The Morgan fingerprint density at radius 3 is 3.04 bits per heavy atom. The van der Waals surface area contributed by atoms with Crippen LogP contribution in [0.1, 0.15) is 24.8 Å². The smallest absolute Gasteiger partial charge is 0.261 e. The number of aliphatic hydroxyl groups excluding tert-OH is 1. The van der Waals surface area contributed by atoms with Crippen molar-refractivity contribution in [3.05, 3.63) is 40.4 Å². The third-order valence-electron chi connectivity index (χ3n) is 4.72. The number of aliphatic hydroxyl groups is 1. The molecule has 1 aliphatic heterocycles. The first kappa shape index (κ1) is 16.1. The number of rotatable bonds is 5. The molecule has 2 aromatic rings. The molecule has 3 rings (SSSR count). The lowest BCUT2D eigenvalue weighted by atomic mass is 9.99. The lowest BCUT2D eigenvalue weighted by molar-refractivity contribution is 0.118. The topological polar surface area (TPSA) is 58.4 Å². The van der Waals surface area contributed by atoms with Gasteiger partial charge in [0.2, 0.25) is 0 Å². The molecule has 1 saturated heterocycles. The first-order valence-electron chi connectivity index (χ1n) is 8.46. The zero-order chi connectivity index (χ0) is 16.2. The highest BCUT2D eigenvalue weighted by molar-refractivity contribution is 5.77. The van der Waals surface area contributed by atoms with Gasteiger partial charge in [0, 0.05) is 19.7 Å². The van der Waals surface area contributed by atoms with Crippen molar-refractivity contribution in [1.29, 1.82) is 0 Å². The van der Waals surface area contributed by atoms with Crippen LogP contribution >= 0.6 is 0 Å². The fourth-order valence-corrected chi connectivity index (χ4v) is 3.40. The Kier molecular flexibility index (Phi) is 5.08. The number of aromatic nitrogens is 2. The summed E-state index contributed by atoms with van der Waals surface area (Å²) >= 11 is 0. The van der Waals surface area contributed by atoms with Gasteiger partial charge in [-0.1, -0.05) is 6.07 Å². The van der Waals surface area contributed by atoms with Crippen molar-refractivity contribution < 1.29 is 5.11 Å². The number of fused-ring (bicyclic) bond motifs is 1. The quantitative estimate of drug-likeness (QED) is 0.914. The third kappa shape index (κ3) is 3.79. The maximum atomic E-state index is 12.5. The van der Waals surface area contributed by atoms with E-state index in [1.54, 1.807) is 10.9 Å². The molecule has 1 aliphatic rings. The molecule has 1 unspecified atom stereocenters. The van der Waals surface area contributed by atoms with Crippen LogP contribution in [0.15, 0.2) is 29.3 Å². The Morgan fingerprint density at radius 1 is 1.35 bits per heavy atom. The van der Waals surface area contributed by atoms with Crippen molar-refractivity contribution in [1.82, 2.24) is 14.5 Å². The SMILES string of the molecule is Cc1ccc2c(=O)n(CCCN3CCCC(CO)C3)cnc2c1. The van der Waals surface area contributed by atoms with Gasteiger partial charge in [-0.2, -0.15) is 0 Å². The first-order valence-corrected chi connectivity index (χ1v) is 8.46. The predicted molar refractivity (Wildman–Crippen MR) is 91.6 cm³/mol. The summed E-state index contributed by atoms with van der Waals surface area (Å²) in [6.07, 6.45) is 4.87. The second-order valence-electron chi connectivity index (χ2n) is 6.61. The van der Waals surface area contributed by atoms with Gasteiger partial charge in [0.25, 0.3) is 5.56 Å². The van der Waals surface area contributed by atoms with Gasteiger partial charge >= 0.3 is 0 Å². The lowest BCUT2D eigenvalue weighted by Gasteiger charge is -2.31. The first-order chi connectivity index (χ1) is 11.2. The third-order valence-corrected chi connectivity index (χ3v) is 4.72. The average Bonchev–Trinajstić information content (AvgIpc) is 2.57. The Morgan fingerprint density at radius 2 is 2.22 bits per heavy atom. The van der Waals surface area contributed by atoms with E-state index in [-0.39, 0.29) is 12.2 Å². The van der Waals surface area contributed by atoms with Gasteiger partial charge < -0.3 is 10.0 Å². The summed E-state index contributed by atoms with van der Waals surface area (Å²) in [7, 11) is 0. The molecule has 0 amide bonds. The van der Waals surface area contributed by atoms with E-state index in [0.717, 1.165) is 50.0 Å². The molecule has 1 atom stereocenters. The molecule has 1 aromatic heterocycles. The van der Waals surface area contributed by atoms with Crippen molar-refractivity contribution in [2.75, 3.05) is 26.2 Å². The minimum absolute atomic E-state index is 0.0434. The summed E-state index contributed by atoms with van der Waals surface area (Å²) in [6, 6.07) is 5.77. The van der Waals surface area contributed by atoms with Gasteiger partial charge in [-0.25, -0.2) is 4.98 Å². The van der Waals surface area contributed by atoms with Crippen LogP contribution in [-0.2, 0) is 6.54 Å². The predicted octanol–water partition coefficient (Wildman–Crippen LogP) is 1.80. The summed E-state index contributed by atoms with van der Waals surface area (Å²) in [5.41, 5.74) is 1.93. The summed E-state index contributed by atoms with van der Waals surface area (Å²) in [6.45, 7) is 6.01. The number of benzene rings is 1. The number of nitrogens with zero attached hydrogens (tertiary/aromatic N) is 3. The van der Waals surface area contributed by atoms with Crippen LogP contribution in [-0.4, -0.2) is 45.8 Å². The molecule has 23 heavy (non-hydrogen) atoms. The highest BCUT2D eigenvalue weighted by Crippen LogP contribution is 2.16. The number of piperidine rings is 1. The lowest BCUT2D eigenvalue weighted by Crippen LogP contribution is -2.37. The van der Waals surface area contributed by atoms with Crippen LogP contribution in [0.5, 0.6) is 0 Å². The summed E-state index contributed by atoms with van der Waals surface area (Å²) < 4.78 is 1.71. The van der Waals surface area contributed by atoms with Gasteiger partial charge in [0.05, 0.1) is 17.2 Å². The van der Waals surface area contributed by atoms with Crippen LogP contribution in [0, 0.1) is 12.8 Å². The maximum absolute atomic E-state index is 12.5. The van der Waals surface area contributed by atoms with Gasteiger partial charge in [-0.3, -0.25) is 9.36 Å². The molecular formula is C18H25N3O2. The van der Waals surface area contributed by atoms with E-state index >= 15 is 0 Å². The van der Waals surface area contributed by atoms with E-state index in [0.29, 0.717) is 17.8 Å². The normalized spacial score (nSPS) is 19.3. The number of hydrogen-bond acceptors (Lipinski definition) is 4. The van der Waals surface area contributed by atoms with Crippen molar-refractivity contribution in [3.63, 3.8) is 0 Å². The second kappa shape index (κ2) is 7.23. The molecule has 2 heterocycles. The standard InChI is InChI=1S/C18H25N3O2/c1-14-5-6-16-17(10-14)19-13-21(18(16)23)9-3-8-20-7-2-4-15(11-20)12-22/h5-6,10,13,15,22H,2-4,7-9,11-12H2,1H3. The van der Waals surface area contributed by atoms with Crippen LogP contribution in [0.4, 0.5) is 0 Å². The van der Waals surface area contributed by atoms with Gasteiger partial charge in [-0.05, 0) is 62.9 Å². The monoisotopic (exact) mass is 315 g/mol. The Bertz CT molecular complexity index is 726. The van der Waals surface area contributed by atoms with E-state index in [2.05, 4.69) is 9.88 Å². The highest BCUT2D eigenvalue weighted by atomic mass is 16.3. The number of aryl methyl sites for hydroxylation is 2. The van der Waals surface area contributed by atoms with Crippen molar-refractivity contribution in [3.8, 4) is 0 Å². The Balaban J connectivity index is 1.62. The molecule has 1 aromatic carbocycles. The average molecular weight is 315 g/mol. The van der Waals surface area contributed by atoms with Crippen molar-refractivity contribution in [2.24, 2.45) is 5.92 Å². The fourth-order valence-electron chi connectivity index (χ4n) is 3.40. The molecule has 5 nitrogen and oxygen atoms in total. The van der Waals surface area contributed by atoms with E-state index in [1.807, 2.05) is 25.1 Å². The van der Waals surface area contributed by atoms with Crippen molar-refractivity contribution in [2.45, 2.75) is 32.7 Å². The van der Waals surface area contributed by atoms with E-state index in [4.69, 9.17) is 0 Å². The highest BCUT2D eigenvalue weighted by Gasteiger charge is 2.18. The van der Waals surface area contributed by atoms with Crippen LogP contribution in [0.3, 0.4) is 0 Å². The zero-order valence-electron chi connectivity index (χ0n) is 13.7. The Hall–Kier alpha value is -1.72. The van der Waals surface area contributed by atoms with Crippen LogP contribution in [0.2, 0.25) is 0 Å². The molecule has 0 aliphatic carbocycles. The minimum Gasteiger partial charge on any atom is -0.396 e. The zero-order valence-corrected chi connectivity index (χ0v) is 13.7. The summed E-state index contributed by atoms with van der Waals surface area (Å²) in [4.78, 5) is 19.3. The minimum atomic E-state index is 0.0434. The van der Waals surface area contributed by atoms with Gasteiger partial charge in [-0.15, -0.1) is 0 Å². The van der Waals surface area contributed by atoms with Gasteiger partial charge in [0.15, 0.2) is 0 Å². The van der Waals surface area contributed by atoms with Gasteiger partial charge in [0.1, 0.15) is 0 Å². The van der Waals surface area contributed by atoms with Crippen LogP contribution in [0.25, 0.3) is 10.9 Å². The molecule has 1 fully saturated rings. The molecular weight excluding hydrogens is 290 g/mol. The largest absolute Gasteiger partial charge is 0.396 e. The Labute approximate surface area is 136 Å². The summed E-state index contributed by atoms with van der Waals surface area (Å²) in [5, 5.41) is 9.98. The second-order valence-corrected chi connectivity index (χ2v) is 6.61. The molecule has 0 saturated carbocycles. The molecule has 0 bridgehead atoms. The van der Waals surface area contributed by atoms with Crippen LogP contribution < -0.4 is 5.56 Å². The van der Waals surface area contributed by atoms with E-state index in [9.17, 15) is 9.90 Å². The molecule has 5 heteroatoms. The maximum Gasteiger partial charge on any atom is 0.261 e. The molecule has 0 spiro atoms. The molecule has 124 valence electrons. The van der Waals surface area contributed by atoms with Crippen molar-refractivity contribution >= 4 is 10.9 Å². The fraction of sp³-hybridized carbons (Fsp3) is 0.556. The molecule has 1 N–H and O–H groups in total. The molecule has 0 radical (unpaired) electrons. The summed E-state index contributed by atoms with van der Waals surface area (Å²) in [5.74, 6) is 0.414. The number of hydrogen-bond donors (Lipinski definition) is 1. The number of likely N-dealkylation sites (tertiary alicyclic amines) is 1.